The first-order chi connectivity index (χ1) is 9.19. The molecule has 20 heavy (non-hydrogen) atoms. The maximum Gasteiger partial charge on any atom is 0.324 e. The van der Waals surface area contributed by atoms with Gasteiger partial charge in [0, 0.05) is 0 Å². The van der Waals surface area contributed by atoms with E-state index in [2.05, 4.69) is 0 Å². The van der Waals surface area contributed by atoms with Crippen LogP contribution >= 0.6 is 0 Å². The molecule has 0 heterocycles. The van der Waals surface area contributed by atoms with E-state index in [1.165, 1.54) is 25.1 Å². The highest BCUT2D eigenvalue weighted by Crippen LogP contribution is 2.15. The van der Waals surface area contributed by atoms with Crippen LogP contribution in [-0.2, 0) is 14.8 Å². The molecule has 0 fully saturated rings. The first-order valence-corrected chi connectivity index (χ1v) is 7.11. The van der Waals surface area contributed by atoms with Gasteiger partial charge in [0.2, 0.25) is 10.0 Å². The van der Waals surface area contributed by atoms with Gasteiger partial charge in [-0.2, -0.15) is 9.98 Å². The van der Waals surface area contributed by atoms with Crippen LogP contribution < -0.4 is 4.72 Å². The minimum absolute atomic E-state index is 0.166. The molecule has 0 unspecified atom stereocenters. The highest BCUT2D eigenvalue weighted by atomic mass is 32.2. The van der Waals surface area contributed by atoms with E-state index in [9.17, 15) is 18.3 Å². The first-order valence-electron chi connectivity index (χ1n) is 5.63. The van der Waals surface area contributed by atoms with Gasteiger partial charge in [-0.05, 0) is 37.6 Å². The van der Waals surface area contributed by atoms with Crippen molar-refractivity contribution < 1.29 is 23.4 Å². The van der Waals surface area contributed by atoms with Crippen molar-refractivity contribution in [2.45, 2.75) is 30.9 Å². The molecule has 0 saturated heterocycles. The molecule has 7 nitrogen and oxygen atoms in total. The van der Waals surface area contributed by atoms with Crippen molar-refractivity contribution in [2.75, 3.05) is 0 Å². The number of carboxylic acid groups (broad SMARTS) is 1. The van der Waals surface area contributed by atoms with Crippen molar-refractivity contribution in [1.82, 2.24) is 4.72 Å². The van der Waals surface area contributed by atoms with Gasteiger partial charge in [-0.15, -0.1) is 0 Å². The average molecular weight is 298 g/mol. The van der Waals surface area contributed by atoms with E-state index in [0.717, 1.165) is 0 Å². The Morgan fingerprint density at radius 1 is 1.45 bits per heavy atom. The van der Waals surface area contributed by atoms with Gasteiger partial charge in [0.25, 0.3) is 0 Å². The van der Waals surface area contributed by atoms with Gasteiger partial charge in [-0.25, -0.2) is 8.42 Å². The van der Waals surface area contributed by atoms with Crippen molar-refractivity contribution >= 4 is 16.0 Å². The summed E-state index contributed by atoms with van der Waals surface area (Å²) in [7, 11) is -4.10. The Labute approximate surface area is 116 Å². The number of nitrogens with one attached hydrogen (secondary N) is 1. The lowest BCUT2D eigenvalue weighted by atomic mass is 10.1. The molecule has 1 aromatic carbocycles. The van der Waals surface area contributed by atoms with Gasteiger partial charge in [0.1, 0.15) is 6.04 Å². The molecular weight excluding hydrogens is 284 g/mol. The Balaban J connectivity index is 3.15. The fourth-order valence-electron chi connectivity index (χ4n) is 1.52. The van der Waals surface area contributed by atoms with Gasteiger partial charge < -0.3 is 10.2 Å². The third-order valence-electron chi connectivity index (χ3n) is 2.66. The fourth-order valence-corrected chi connectivity index (χ4v) is 2.87. The van der Waals surface area contributed by atoms with Gasteiger partial charge >= 0.3 is 5.97 Å². The Morgan fingerprint density at radius 2 is 2.05 bits per heavy atom. The fraction of sp³-hybridized carbons (Fsp3) is 0.333. The normalized spacial score (nSPS) is 14.3. The summed E-state index contributed by atoms with van der Waals surface area (Å²) in [5.74, 6) is -1.48. The summed E-state index contributed by atoms with van der Waals surface area (Å²) in [6, 6.07) is 4.06. The molecular formula is C12H14N2O5S. The molecule has 8 heteroatoms. The van der Waals surface area contributed by atoms with Crippen LogP contribution in [0.2, 0.25) is 0 Å². The zero-order valence-electron chi connectivity index (χ0n) is 10.9. The third-order valence-corrected chi connectivity index (χ3v) is 4.10. The minimum Gasteiger partial charge on any atom is -0.480 e. The van der Waals surface area contributed by atoms with E-state index in [-0.39, 0.29) is 4.90 Å². The van der Waals surface area contributed by atoms with Crippen LogP contribution in [0.15, 0.2) is 23.1 Å². The number of rotatable bonds is 5. The molecule has 0 aromatic heterocycles. The molecule has 3 N–H and O–H groups in total. The summed E-state index contributed by atoms with van der Waals surface area (Å²) in [6.45, 7) is 2.74. The molecule has 0 aliphatic rings. The summed E-state index contributed by atoms with van der Waals surface area (Å²) in [4.78, 5) is 10.7. The second kappa shape index (κ2) is 6.00. The predicted molar refractivity (Wildman–Crippen MR) is 69.3 cm³/mol. The SMILES string of the molecule is Cc1cc(S(=O)(=O)N[C@H](C(=O)O)[C@@H](C)O)ccc1C#N. The lowest BCUT2D eigenvalue weighted by Crippen LogP contribution is -2.47. The number of aliphatic carboxylic acids is 1. The number of aliphatic hydroxyl groups is 1. The Hall–Kier alpha value is -1.95. The van der Waals surface area contributed by atoms with E-state index in [0.29, 0.717) is 11.1 Å². The molecule has 1 aromatic rings. The number of carbonyl (C=O) groups is 1. The molecule has 0 spiro atoms. The van der Waals surface area contributed by atoms with Crippen molar-refractivity contribution in [3.8, 4) is 6.07 Å². The van der Waals surface area contributed by atoms with Crippen molar-refractivity contribution in [2.24, 2.45) is 0 Å². The van der Waals surface area contributed by atoms with Gasteiger partial charge in [0.05, 0.1) is 22.6 Å². The van der Waals surface area contributed by atoms with Crippen LogP contribution in [0.5, 0.6) is 0 Å². The number of nitrogens with zero attached hydrogens (tertiary/aromatic N) is 1. The lowest BCUT2D eigenvalue weighted by Gasteiger charge is -2.17. The average Bonchev–Trinajstić information content (AvgIpc) is 2.35. The topological polar surface area (TPSA) is 127 Å². The largest absolute Gasteiger partial charge is 0.480 e. The molecule has 108 valence electrons. The van der Waals surface area contributed by atoms with Crippen LogP contribution in [0.25, 0.3) is 0 Å². The Bertz CT molecular complexity index is 661. The molecule has 0 saturated carbocycles. The van der Waals surface area contributed by atoms with Crippen LogP contribution in [-0.4, -0.2) is 36.7 Å². The minimum atomic E-state index is -4.10. The Morgan fingerprint density at radius 3 is 2.45 bits per heavy atom. The number of aliphatic hydroxyl groups excluding tert-OH is 1. The predicted octanol–water partition coefficient (Wildman–Crippen LogP) is -0.0210. The van der Waals surface area contributed by atoms with Crippen molar-refractivity contribution in [3.05, 3.63) is 29.3 Å². The maximum atomic E-state index is 12.0. The third kappa shape index (κ3) is 3.54. The van der Waals surface area contributed by atoms with Gasteiger partial charge in [-0.3, -0.25) is 4.79 Å². The number of nitriles is 1. The second-order valence-electron chi connectivity index (χ2n) is 4.27. The molecule has 2 atom stereocenters. The standard InChI is InChI=1S/C12H14N2O5S/c1-7-5-10(4-3-9(7)6-13)20(18,19)14-11(8(2)15)12(16)17/h3-5,8,11,14-15H,1-2H3,(H,16,17)/t8-,11+/m1/s1. The number of hydrogen-bond donors (Lipinski definition) is 3. The van der Waals surface area contributed by atoms with E-state index >= 15 is 0 Å². The van der Waals surface area contributed by atoms with Crippen molar-refractivity contribution in [1.29, 1.82) is 5.26 Å². The van der Waals surface area contributed by atoms with Crippen LogP contribution in [0, 0.1) is 18.3 Å². The summed E-state index contributed by atoms with van der Waals surface area (Å²) < 4.78 is 26.0. The zero-order chi connectivity index (χ0) is 15.5. The van der Waals surface area contributed by atoms with Gasteiger partial charge in [0.15, 0.2) is 0 Å². The zero-order valence-corrected chi connectivity index (χ0v) is 11.7. The second-order valence-corrected chi connectivity index (χ2v) is 5.98. The molecule has 0 bridgehead atoms. The van der Waals surface area contributed by atoms with Crippen LogP contribution in [0.1, 0.15) is 18.1 Å². The van der Waals surface area contributed by atoms with E-state index in [4.69, 9.17) is 10.4 Å². The van der Waals surface area contributed by atoms with E-state index < -0.39 is 28.1 Å². The Kier molecular flexibility index (Phi) is 4.83. The lowest BCUT2D eigenvalue weighted by molar-refractivity contribution is -0.141. The van der Waals surface area contributed by atoms with Crippen LogP contribution in [0.3, 0.4) is 0 Å². The summed E-state index contributed by atoms with van der Waals surface area (Å²) >= 11 is 0. The highest BCUT2D eigenvalue weighted by Gasteiger charge is 2.29. The summed E-state index contributed by atoms with van der Waals surface area (Å²) in [5, 5.41) is 26.9. The molecule has 0 radical (unpaired) electrons. The monoisotopic (exact) mass is 298 g/mol. The summed E-state index contributed by atoms with van der Waals surface area (Å²) in [5.41, 5.74) is 0.786. The van der Waals surface area contributed by atoms with Crippen molar-refractivity contribution in [3.63, 3.8) is 0 Å². The molecule has 0 amide bonds. The van der Waals surface area contributed by atoms with E-state index in [1.54, 1.807) is 6.92 Å². The smallest absolute Gasteiger partial charge is 0.324 e. The summed E-state index contributed by atoms with van der Waals surface area (Å²) in [6.07, 6.45) is -1.39. The first kappa shape index (κ1) is 16.1. The molecule has 1 rings (SSSR count). The molecule has 0 aliphatic carbocycles. The quantitative estimate of drug-likeness (QED) is 0.701. The highest BCUT2D eigenvalue weighted by molar-refractivity contribution is 7.89. The van der Waals surface area contributed by atoms with Crippen LogP contribution in [0.4, 0.5) is 0 Å². The number of benzene rings is 1. The van der Waals surface area contributed by atoms with E-state index in [1.807, 2.05) is 10.8 Å². The van der Waals surface area contributed by atoms with Gasteiger partial charge in [-0.1, -0.05) is 0 Å². The number of aryl methyl sites for hydroxylation is 1. The number of hydrogen-bond acceptors (Lipinski definition) is 5. The molecule has 0 aliphatic heterocycles. The maximum absolute atomic E-state index is 12.0. The number of carboxylic acids is 1. The number of sulfonamides is 1.